The molecule has 0 bridgehead atoms. The fourth-order valence-electron chi connectivity index (χ4n) is 3.42. The fourth-order valence-corrected chi connectivity index (χ4v) is 6.32. The standard InChI is InChI=1S/C15H26N5O13P3/c1-7-8(5-29-35(25,26)33-36(27,28)32-34(22,23)24)30-13(10(7)31-15(2,3)4)20-6-17-9-11(20)18-14(16)19-12(9)21/h6-8,10,13H,5H2,1-4H3,(H,25,26)(H,27,28)(H2,22,23,24)(H3,16,18,19,21)/p-3/t7-,8+,10?,13+/m0/s1. The lowest BCUT2D eigenvalue weighted by Gasteiger charge is -2.33. The number of anilines is 1. The molecule has 0 amide bonds. The number of phosphoric acid groups is 3. The van der Waals surface area contributed by atoms with Crippen molar-refractivity contribution in [2.24, 2.45) is 5.92 Å². The Bertz CT molecular complexity index is 1320. The van der Waals surface area contributed by atoms with E-state index in [2.05, 4.69) is 28.1 Å². The lowest BCUT2D eigenvalue weighted by Crippen LogP contribution is -2.36. The number of imidazole rings is 1. The second-order valence-corrected chi connectivity index (χ2v) is 13.0. The van der Waals surface area contributed by atoms with Crippen molar-refractivity contribution < 1.29 is 55.9 Å². The maximum Gasteiger partial charge on any atom is 0.280 e. The second kappa shape index (κ2) is 9.98. The molecule has 36 heavy (non-hydrogen) atoms. The minimum absolute atomic E-state index is 0.0436. The van der Waals surface area contributed by atoms with Crippen molar-refractivity contribution in [2.75, 3.05) is 12.3 Å². The number of hydrogen-bond donors (Lipinski definition) is 3. The zero-order valence-corrected chi connectivity index (χ0v) is 21.9. The number of nitrogens with zero attached hydrogens (tertiary/aromatic N) is 3. The predicted octanol–water partition coefficient (Wildman–Crippen LogP) is -1.13. The number of rotatable bonds is 9. The minimum atomic E-state index is -6.05. The first-order chi connectivity index (χ1) is 16.3. The molecule has 0 radical (unpaired) electrons. The average molecular weight is 574 g/mol. The number of aromatic nitrogens is 4. The van der Waals surface area contributed by atoms with Gasteiger partial charge in [0, 0.05) is 5.92 Å². The third-order valence-electron chi connectivity index (χ3n) is 4.71. The summed E-state index contributed by atoms with van der Waals surface area (Å²) in [4.78, 5) is 64.9. The highest BCUT2D eigenvalue weighted by atomic mass is 31.3. The van der Waals surface area contributed by atoms with Crippen molar-refractivity contribution >= 4 is 40.6 Å². The molecule has 0 spiro atoms. The fraction of sp³-hybridized carbons (Fsp3) is 0.667. The van der Waals surface area contributed by atoms with Crippen LogP contribution in [0.25, 0.3) is 11.2 Å². The van der Waals surface area contributed by atoms with Gasteiger partial charge in [-0.05, 0) is 20.8 Å². The van der Waals surface area contributed by atoms with E-state index in [0.717, 1.165) is 0 Å². The SMILES string of the molecule is C[C@@H]1C(OC(C)(C)C)[C@H](n2cnc3c(=O)[nH]c(N)nc32)O[C@@H]1COP(=O)([O-])OP(=O)([O-])OP(=O)([O-])O. The van der Waals surface area contributed by atoms with Crippen LogP contribution in [-0.4, -0.2) is 48.8 Å². The van der Waals surface area contributed by atoms with Gasteiger partial charge in [-0.1, -0.05) is 6.92 Å². The van der Waals surface area contributed by atoms with Crippen LogP contribution in [0.4, 0.5) is 5.95 Å². The zero-order chi connectivity index (χ0) is 27.3. The van der Waals surface area contributed by atoms with Gasteiger partial charge in [0.2, 0.25) is 5.95 Å². The normalized spacial score (nSPS) is 28.0. The Morgan fingerprint density at radius 1 is 1.22 bits per heavy atom. The summed E-state index contributed by atoms with van der Waals surface area (Å²) in [6, 6.07) is 0. The molecule has 1 aliphatic heterocycles. The zero-order valence-electron chi connectivity index (χ0n) is 19.2. The molecular weight excluding hydrogens is 551 g/mol. The lowest BCUT2D eigenvalue weighted by molar-refractivity contribution is -0.250. The minimum Gasteiger partial charge on any atom is -0.756 e. The first-order valence-corrected chi connectivity index (χ1v) is 14.5. The number of aromatic amines is 1. The molecule has 0 aromatic carbocycles. The molecule has 3 heterocycles. The Balaban J connectivity index is 1.84. The van der Waals surface area contributed by atoms with Gasteiger partial charge in [-0.15, -0.1) is 0 Å². The van der Waals surface area contributed by atoms with Crippen molar-refractivity contribution in [3.8, 4) is 0 Å². The Kier molecular flexibility index (Phi) is 8.05. The third kappa shape index (κ3) is 7.28. The van der Waals surface area contributed by atoms with Gasteiger partial charge >= 0.3 is 0 Å². The summed E-state index contributed by atoms with van der Waals surface area (Å²) >= 11 is 0. The maximum absolute atomic E-state index is 12.1. The van der Waals surface area contributed by atoms with E-state index in [1.54, 1.807) is 27.7 Å². The number of phosphoric ester groups is 1. The molecule has 1 saturated heterocycles. The van der Waals surface area contributed by atoms with Crippen LogP contribution in [0.2, 0.25) is 0 Å². The Labute approximate surface area is 203 Å². The highest BCUT2D eigenvalue weighted by Gasteiger charge is 2.46. The van der Waals surface area contributed by atoms with Gasteiger partial charge in [-0.3, -0.25) is 28.0 Å². The van der Waals surface area contributed by atoms with Crippen LogP contribution in [0, 0.1) is 5.92 Å². The van der Waals surface area contributed by atoms with Crippen molar-refractivity contribution in [1.82, 2.24) is 19.5 Å². The van der Waals surface area contributed by atoms with E-state index in [4.69, 9.17) is 20.1 Å². The van der Waals surface area contributed by atoms with E-state index in [1.807, 2.05) is 0 Å². The van der Waals surface area contributed by atoms with Crippen LogP contribution in [-0.2, 0) is 36.3 Å². The molecule has 18 nitrogen and oxygen atoms in total. The molecule has 3 rings (SSSR count). The number of fused-ring (bicyclic) bond motifs is 1. The Morgan fingerprint density at radius 2 is 1.86 bits per heavy atom. The Morgan fingerprint density at radius 3 is 2.44 bits per heavy atom. The van der Waals surface area contributed by atoms with Crippen LogP contribution in [0.1, 0.15) is 33.9 Å². The first kappa shape index (κ1) is 29.0. The summed E-state index contributed by atoms with van der Waals surface area (Å²) in [7, 11) is -17.6. The molecule has 2 aromatic heterocycles. The molecule has 204 valence electrons. The smallest absolute Gasteiger partial charge is 0.280 e. The summed E-state index contributed by atoms with van der Waals surface area (Å²) in [5.41, 5.74) is 4.34. The van der Waals surface area contributed by atoms with E-state index in [-0.39, 0.29) is 17.1 Å². The van der Waals surface area contributed by atoms with Gasteiger partial charge in [0.05, 0.1) is 24.6 Å². The van der Waals surface area contributed by atoms with Crippen molar-refractivity contribution in [1.29, 1.82) is 0 Å². The van der Waals surface area contributed by atoms with Gasteiger partial charge in [0.25, 0.3) is 29.0 Å². The van der Waals surface area contributed by atoms with Crippen LogP contribution in [0.5, 0.6) is 0 Å². The van der Waals surface area contributed by atoms with Crippen LogP contribution in [0.3, 0.4) is 0 Å². The molecule has 4 N–H and O–H groups in total. The van der Waals surface area contributed by atoms with Crippen LogP contribution in [0.15, 0.2) is 11.1 Å². The summed E-state index contributed by atoms with van der Waals surface area (Å²) in [5.74, 6) is -0.784. The lowest BCUT2D eigenvalue weighted by atomic mass is 9.99. The monoisotopic (exact) mass is 574 g/mol. The van der Waals surface area contributed by atoms with Crippen LogP contribution < -0.4 is 26.0 Å². The molecule has 4 unspecified atom stereocenters. The van der Waals surface area contributed by atoms with Gasteiger partial charge in [0.15, 0.2) is 17.4 Å². The first-order valence-electron chi connectivity index (χ1n) is 10.1. The summed E-state index contributed by atoms with van der Waals surface area (Å²) < 4.78 is 58.8. The topological polar surface area (TPSA) is 276 Å². The van der Waals surface area contributed by atoms with E-state index >= 15 is 0 Å². The van der Waals surface area contributed by atoms with Gasteiger partial charge < -0.3 is 39.3 Å². The summed E-state index contributed by atoms with van der Waals surface area (Å²) in [6.45, 7) is 6.12. The molecule has 1 fully saturated rings. The number of nitrogens with two attached hydrogens (primary N) is 1. The molecule has 1 aliphatic rings. The largest absolute Gasteiger partial charge is 0.756 e. The van der Waals surface area contributed by atoms with E-state index < -0.39 is 65.6 Å². The third-order valence-corrected chi connectivity index (χ3v) is 8.41. The molecule has 7 atom stereocenters. The highest BCUT2D eigenvalue weighted by molar-refractivity contribution is 7.65. The van der Waals surface area contributed by atoms with Gasteiger partial charge in [-0.25, -0.2) is 13.6 Å². The summed E-state index contributed by atoms with van der Waals surface area (Å²) in [6.07, 6.45) is -1.58. The number of ether oxygens (including phenoxy) is 2. The summed E-state index contributed by atoms with van der Waals surface area (Å²) in [5, 5.41) is 0. The van der Waals surface area contributed by atoms with Crippen LogP contribution >= 0.6 is 23.5 Å². The molecular formula is C15H23N5O13P3-3. The predicted molar refractivity (Wildman–Crippen MR) is 113 cm³/mol. The molecule has 2 aromatic rings. The van der Waals surface area contributed by atoms with Gasteiger partial charge in [-0.2, -0.15) is 4.98 Å². The van der Waals surface area contributed by atoms with Crippen molar-refractivity contribution in [3.63, 3.8) is 0 Å². The number of H-pyrrole nitrogens is 1. The Hall–Kier alpha value is -1.52. The molecule has 21 heteroatoms. The number of nitrogen functional groups attached to an aromatic ring is 1. The highest BCUT2D eigenvalue weighted by Crippen LogP contribution is 2.61. The quantitative estimate of drug-likeness (QED) is 0.299. The van der Waals surface area contributed by atoms with Gasteiger partial charge in [0.1, 0.15) is 6.10 Å². The van der Waals surface area contributed by atoms with Crippen molar-refractivity contribution in [2.45, 2.75) is 51.7 Å². The number of hydrogen-bond acceptors (Lipinski definition) is 15. The maximum atomic E-state index is 12.1. The van der Waals surface area contributed by atoms with Crippen molar-refractivity contribution in [3.05, 3.63) is 16.7 Å². The number of nitrogens with one attached hydrogen (secondary N) is 1. The average Bonchev–Trinajstić information content (AvgIpc) is 3.18. The van der Waals surface area contributed by atoms with E-state index in [9.17, 15) is 33.2 Å². The van der Waals surface area contributed by atoms with E-state index in [1.165, 1.54) is 10.9 Å². The van der Waals surface area contributed by atoms with E-state index in [0.29, 0.717) is 0 Å². The molecule has 0 saturated carbocycles. The second-order valence-electron chi connectivity index (χ2n) is 8.72. The molecule has 0 aliphatic carbocycles.